The lowest BCUT2D eigenvalue weighted by molar-refractivity contribution is -0.385. The van der Waals surface area contributed by atoms with Crippen molar-refractivity contribution in [2.75, 3.05) is 6.61 Å². The molecule has 0 atom stereocenters. The molecular weight excluding hydrogens is 288 g/mol. The van der Waals surface area contributed by atoms with Crippen LogP contribution in [0.1, 0.15) is 30.1 Å². The molecule has 1 aromatic rings. The molecule has 0 radical (unpaired) electrons. The Bertz CT molecular complexity index is 626. The number of benzene rings is 1. The molecule has 0 heterocycles. The Hall–Kier alpha value is -2.00. The monoisotopic (exact) mass is 302 g/mol. The van der Waals surface area contributed by atoms with Crippen LogP contribution >= 0.6 is 0 Å². The Labute approximate surface area is 115 Å². The van der Waals surface area contributed by atoms with Crippen LogP contribution in [0, 0.1) is 10.1 Å². The van der Waals surface area contributed by atoms with Crippen LogP contribution in [0.2, 0.25) is 0 Å². The Balaban J connectivity index is 3.16. The van der Waals surface area contributed by atoms with Crippen LogP contribution in [0.3, 0.4) is 0 Å². The number of nitro groups is 1. The van der Waals surface area contributed by atoms with E-state index in [1.54, 1.807) is 0 Å². The SMILES string of the molecule is CCCCOC(=O)c1cc([N+](=O)[O-])cc(S(N)(=O)=O)c1. The van der Waals surface area contributed by atoms with E-state index in [-0.39, 0.29) is 12.2 Å². The molecule has 0 unspecified atom stereocenters. The molecule has 0 bridgehead atoms. The van der Waals surface area contributed by atoms with E-state index >= 15 is 0 Å². The quantitative estimate of drug-likeness (QED) is 0.363. The topological polar surface area (TPSA) is 130 Å². The van der Waals surface area contributed by atoms with Crippen molar-refractivity contribution in [1.82, 2.24) is 0 Å². The summed E-state index contributed by atoms with van der Waals surface area (Å²) in [5.41, 5.74) is -0.765. The third kappa shape index (κ3) is 4.28. The first-order valence-corrected chi connectivity index (χ1v) is 7.29. The molecule has 0 saturated carbocycles. The van der Waals surface area contributed by atoms with E-state index in [9.17, 15) is 23.3 Å². The predicted octanol–water partition coefficient (Wildman–Crippen LogP) is 1.20. The van der Waals surface area contributed by atoms with E-state index < -0.39 is 31.5 Å². The normalized spacial score (nSPS) is 11.1. The number of nitrogens with zero attached hydrogens (tertiary/aromatic N) is 1. The number of non-ortho nitro benzene ring substituents is 1. The minimum absolute atomic E-state index is 0.155. The molecule has 0 aliphatic heterocycles. The van der Waals surface area contributed by atoms with Crippen molar-refractivity contribution in [2.45, 2.75) is 24.7 Å². The fourth-order valence-corrected chi connectivity index (χ4v) is 1.94. The summed E-state index contributed by atoms with van der Waals surface area (Å²) in [6, 6.07) is 2.69. The summed E-state index contributed by atoms with van der Waals surface area (Å²) in [6.07, 6.45) is 1.45. The van der Waals surface area contributed by atoms with Crippen LogP contribution in [0.5, 0.6) is 0 Å². The van der Waals surface area contributed by atoms with Gasteiger partial charge in [-0.1, -0.05) is 13.3 Å². The molecule has 9 heteroatoms. The molecule has 0 fully saturated rings. The van der Waals surface area contributed by atoms with Gasteiger partial charge in [0, 0.05) is 12.1 Å². The molecular formula is C11H14N2O6S. The average Bonchev–Trinajstić information content (AvgIpc) is 2.37. The lowest BCUT2D eigenvalue weighted by atomic mass is 10.2. The number of carbonyl (C=O) groups excluding carboxylic acids is 1. The summed E-state index contributed by atoms with van der Waals surface area (Å²) in [4.78, 5) is 21.1. The zero-order valence-corrected chi connectivity index (χ0v) is 11.6. The molecule has 110 valence electrons. The average molecular weight is 302 g/mol. The van der Waals surface area contributed by atoms with Crippen LogP contribution in [0.4, 0.5) is 5.69 Å². The van der Waals surface area contributed by atoms with Crippen molar-refractivity contribution in [3.05, 3.63) is 33.9 Å². The van der Waals surface area contributed by atoms with Crippen molar-refractivity contribution in [3.63, 3.8) is 0 Å². The summed E-state index contributed by atoms with van der Waals surface area (Å²) in [6.45, 7) is 2.06. The number of carbonyl (C=O) groups is 1. The van der Waals surface area contributed by atoms with Crippen LogP contribution < -0.4 is 5.14 Å². The number of primary sulfonamides is 1. The highest BCUT2D eigenvalue weighted by Gasteiger charge is 2.20. The van der Waals surface area contributed by atoms with E-state index in [0.29, 0.717) is 6.42 Å². The third-order valence-corrected chi connectivity index (χ3v) is 3.29. The minimum Gasteiger partial charge on any atom is -0.462 e. The Morgan fingerprint density at radius 2 is 2.05 bits per heavy atom. The van der Waals surface area contributed by atoms with E-state index in [1.165, 1.54) is 0 Å². The van der Waals surface area contributed by atoms with Crippen molar-refractivity contribution < 1.29 is 22.9 Å². The molecule has 0 amide bonds. The highest BCUT2D eigenvalue weighted by molar-refractivity contribution is 7.89. The Morgan fingerprint density at radius 3 is 2.55 bits per heavy atom. The van der Waals surface area contributed by atoms with Crippen molar-refractivity contribution in [3.8, 4) is 0 Å². The van der Waals surface area contributed by atoms with Gasteiger partial charge in [-0.05, 0) is 12.5 Å². The third-order valence-electron chi connectivity index (χ3n) is 2.40. The molecule has 0 aliphatic carbocycles. The maximum atomic E-state index is 11.7. The second kappa shape index (κ2) is 6.44. The maximum Gasteiger partial charge on any atom is 0.338 e. The summed E-state index contributed by atoms with van der Waals surface area (Å²) >= 11 is 0. The van der Waals surface area contributed by atoms with Crippen molar-refractivity contribution in [1.29, 1.82) is 0 Å². The summed E-state index contributed by atoms with van der Waals surface area (Å²) < 4.78 is 27.4. The number of sulfonamides is 1. The highest BCUT2D eigenvalue weighted by Crippen LogP contribution is 2.20. The molecule has 1 aromatic carbocycles. The summed E-state index contributed by atoms with van der Waals surface area (Å²) in [5.74, 6) is -0.827. The van der Waals surface area contributed by atoms with Crippen LogP contribution in [-0.2, 0) is 14.8 Å². The van der Waals surface area contributed by atoms with Gasteiger partial charge in [-0.15, -0.1) is 0 Å². The van der Waals surface area contributed by atoms with E-state index in [0.717, 1.165) is 24.6 Å². The second-order valence-electron chi connectivity index (χ2n) is 4.01. The molecule has 8 nitrogen and oxygen atoms in total. The van der Waals surface area contributed by atoms with E-state index in [1.807, 2.05) is 6.92 Å². The Morgan fingerprint density at radius 1 is 1.40 bits per heavy atom. The largest absolute Gasteiger partial charge is 0.462 e. The molecule has 0 spiro atoms. The van der Waals surface area contributed by atoms with E-state index in [2.05, 4.69) is 0 Å². The van der Waals surface area contributed by atoms with Gasteiger partial charge in [-0.2, -0.15) is 0 Å². The number of nitro benzene ring substituents is 1. The van der Waals surface area contributed by atoms with Gasteiger partial charge in [-0.25, -0.2) is 18.4 Å². The number of nitrogens with two attached hydrogens (primary N) is 1. The first kappa shape index (κ1) is 16.1. The summed E-state index contributed by atoms with van der Waals surface area (Å²) in [7, 11) is -4.15. The van der Waals surface area contributed by atoms with Crippen LogP contribution in [-0.4, -0.2) is 25.9 Å². The van der Waals surface area contributed by atoms with Gasteiger partial charge in [0.05, 0.1) is 22.0 Å². The van der Waals surface area contributed by atoms with Gasteiger partial charge in [0.15, 0.2) is 0 Å². The van der Waals surface area contributed by atoms with Gasteiger partial charge >= 0.3 is 5.97 Å². The number of rotatable bonds is 6. The van der Waals surface area contributed by atoms with Gasteiger partial charge < -0.3 is 4.74 Å². The van der Waals surface area contributed by atoms with Crippen LogP contribution in [0.15, 0.2) is 23.1 Å². The number of hydrogen-bond donors (Lipinski definition) is 1. The first-order chi connectivity index (χ1) is 9.25. The van der Waals surface area contributed by atoms with Crippen molar-refractivity contribution in [2.24, 2.45) is 5.14 Å². The van der Waals surface area contributed by atoms with Gasteiger partial charge in [0.25, 0.3) is 5.69 Å². The highest BCUT2D eigenvalue weighted by atomic mass is 32.2. The number of ether oxygens (including phenoxy) is 1. The Kier molecular flexibility index (Phi) is 5.17. The number of hydrogen-bond acceptors (Lipinski definition) is 6. The molecule has 20 heavy (non-hydrogen) atoms. The summed E-state index contributed by atoms with van der Waals surface area (Å²) in [5, 5.41) is 15.6. The van der Waals surface area contributed by atoms with E-state index in [4.69, 9.17) is 9.88 Å². The molecule has 1 rings (SSSR count). The molecule has 0 aliphatic rings. The second-order valence-corrected chi connectivity index (χ2v) is 5.57. The van der Waals surface area contributed by atoms with Crippen molar-refractivity contribution >= 4 is 21.7 Å². The fraction of sp³-hybridized carbons (Fsp3) is 0.364. The standard InChI is InChI=1S/C11H14N2O6S/c1-2-3-4-19-11(14)8-5-9(13(15)16)7-10(6-8)20(12,17)18/h5-7H,2-4H2,1H3,(H2,12,17,18). The van der Waals surface area contributed by atoms with Gasteiger partial charge in [0.2, 0.25) is 10.0 Å². The first-order valence-electron chi connectivity index (χ1n) is 5.75. The maximum absolute atomic E-state index is 11.7. The zero-order valence-electron chi connectivity index (χ0n) is 10.7. The fourth-order valence-electron chi connectivity index (χ4n) is 1.36. The lowest BCUT2D eigenvalue weighted by Crippen LogP contribution is -2.14. The smallest absolute Gasteiger partial charge is 0.338 e. The molecule has 0 aromatic heterocycles. The van der Waals surface area contributed by atoms with Gasteiger partial charge in [-0.3, -0.25) is 10.1 Å². The predicted molar refractivity (Wildman–Crippen MR) is 69.7 cm³/mol. The number of unbranched alkanes of at least 4 members (excludes halogenated alkanes) is 1. The number of esters is 1. The van der Waals surface area contributed by atoms with Crippen LogP contribution in [0.25, 0.3) is 0 Å². The molecule has 0 saturated heterocycles. The molecule has 2 N–H and O–H groups in total. The zero-order chi connectivity index (χ0) is 15.3. The van der Waals surface area contributed by atoms with Gasteiger partial charge in [0.1, 0.15) is 0 Å². The lowest BCUT2D eigenvalue weighted by Gasteiger charge is -2.05. The minimum atomic E-state index is -4.15.